The van der Waals surface area contributed by atoms with Gasteiger partial charge in [0, 0.05) is 64.1 Å². The van der Waals surface area contributed by atoms with Gasteiger partial charge in [-0.3, -0.25) is 14.4 Å². The molecular formula is C26H36N8O3. The molecular weight excluding hydrogens is 472 g/mol. The molecule has 3 fully saturated rings. The number of nitrogens with zero attached hydrogens (tertiary/aromatic N) is 7. The van der Waals surface area contributed by atoms with E-state index in [0.29, 0.717) is 30.7 Å². The molecule has 3 aliphatic heterocycles. The maximum absolute atomic E-state index is 13.5. The minimum absolute atomic E-state index is 0.0592. The van der Waals surface area contributed by atoms with Gasteiger partial charge < -0.3 is 24.3 Å². The summed E-state index contributed by atoms with van der Waals surface area (Å²) in [5, 5.41) is 4.30. The van der Waals surface area contributed by atoms with Crippen molar-refractivity contribution >= 4 is 22.8 Å². The number of nitrogens with one attached hydrogen (secondary N) is 1. The molecule has 3 saturated heterocycles. The van der Waals surface area contributed by atoms with Crippen LogP contribution in [0.3, 0.4) is 0 Å². The average Bonchev–Trinajstić information content (AvgIpc) is 3.54. The Bertz CT molecular complexity index is 1250. The standard InChI is InChI=1S/C26H36N8O3/c1-17-14-34(15-18(2)37-17)20-4-6-33(7-5-20)26(35)25-29-23-22(32-8-10-36-11-9-32)12-21(28-24(23)30-25)19-13-27-31(3)16-19/h12-13,16-18,20H,4-11,14-15H2,1-3H3,(H,28,29,30)/t17-,18+. The zero-order valence-corrected chi connectivity index (χ0v) is 21.9. The zero-order valence-electron chi connectivity index (χ0n) is 21.9. The molecule has 6 heterocycles. The predicted octanol–water partition coefficient (Wildman–Crippen LogP) is 1.91. The Balaban J connectivity index is 1.23. The topological polar surface area (TPSA) is 105 Å². The van der Waals surface area contributed by atoms with Crippen LogP contribution in [0.5, 0.6) is 0 Å². The molecule has 11 nitrogen and oxygen atoms in total. The Morgan fingerprint density at radius 3 is 2.46 bits per heavy atom. The number of hydrogen-bond donors (Lipinski definition) is 1. The summed E-state index contributed by atoms with van der Waals surface area (Å²) in [6, 6.07) is 2.55. The number of imidazole rings is 1. The molecule has 1 N–H and O–H groups in total. The van der Waals surface area contributed by atoms with Crippen molar-refractivity contribution in [1.29, 1.82) is 0 Å². The van der Waals surface area contributed by atoms with Gasteiger partial charge in [-0.1, -0.05) is 0 Å². The fourth-order valence-electron chi connectivity index (χ4n) is 5.93. The van der Waals surface area contributed by atoms with Crippen LogP contribution < -0.4 is 4.90 Å². The first-order valence-corrected chi connectivity index (χ1v) is 13.4. The van der Waals surface area contributed by atoms with E-state index in [1.165, 1.54) is 0 Å². The maximum Gasteiger partial charge on any atom is 0.289 e. The van der Waals surface area contributed by atoms with E-state index in [2.05, 4.69) is 39.8 Å². The second kappa shape index (κ2) is 10.0. The monoisotopic (exact) mass is 508 g/mol. The van der Waals surface area contributed by atoms with Crippen LogP contribution in [0.2, 0.25) is 0 Å². The summed E-state index contributed by atoms with van der Waals surface area (Å²) >= 11 is 0. The summed E-state index contributed by atoms with van der Waals surface area (Å²) in [5.41, 5.74) is 4.06. The molecule has 0 spiro atoms. The first kappa shape index (κ1) is 24.3. The molecule has 0 saturated carbocycles. The van der Waals surface area contributed by atoms with E-state index in [1.807, 2.05) is 18.1 Å². The number of piperidine rings is 1. The van der Waals surface area contributed by atoms with Crippen molar-refractivity contribution in [3.63, 3.8) is 0 Å². The van der Waals surface area contributed by atoms with Crippen molar-refractivity contribution in [2.45, 2.75) is 44.9 Å². The van der Waals surface area contributed by atoms with Gasteiger partial charge in [-0.25, -0.2) is 9.97 Å². The van der Waals surface area contributed by atoms with Gasteiger partial charge in [0.05, 0.1) is 43.0 Å². The zero-order chi connectivity index (χ0) is 25.5. The van der Waals surface area contributed by atoms with E-state index >= 15 is 0 Å². The maximum atomic E-state index is 13.5. The van der Waals surface area contributed by atoms with Crippen LogP contribution >= 0.6 is 0 Å². The number of aromatic nitrogens is 5. The first-order valence-electron chi connectivity index (χ1n) is 13.4. The minimum Gasteiger partial charge on any atom is -0.378 e. The van der Waals surface area contributed by atoms with Gasteiger partial charge in [0.15, 0.2) is 11.5 Å². The highest BCUT2D eigenvalue weighted by molar-refractivity contribution is 5.97. The molecule has 11 heteroatoms. The van der Waals surface area contributed by atoms with Crippen molar-refractivity contribution in [3.05, 3.63) is 24.3 Å². The van der Waals surface area contributed by atoms with E-state index in [0.717, 1.165) is 74.6 Å². The largest absolute Gasteiger partial charge is 0.378 e. The third-order valence-corrected chi connectivity index (χ3v) is 7.71. The molecule has 3 aromatic heterocycles. The number of ether oxygens (including phenoxy) is 2. The summed E-state index contributed by atoms with van der Waals surface area (Å²) in [6.45, 7) is 10.5. The van der Waals surface area contributed by atoms with Crippen LogP contribution in [0.15, 0.2) is 18.5 Å². The second-order valence-electron chi connectivity index (χ2n) is 10.5. The van der Waals surface area contributed by atoms with E-state index in [9.17, 15) is 4.79 Å². The summed E-state index contributed by atoms with van der Waals surface area (Å²) in [4.78, 5) is 33.1. The van der Waals surface area contributed by atoms with Crippen LogP contribution in [0.1, 0.15) is 37.3 Å². The van der Waals surface area contributed by atoms with Gasteiger partial charge >= 0.3 is 0 Å². The lowest BCUT2D eigenvalue weighted by molar-refractivity contribution is -0.0856. The highest BCUT2D eigenvalue weighted by Gasteiger charge is 2.33. The van der Waals surface area contributed by atoms with Gasteiger partial charge in [-0.2, -0.15) is 5.10 Å². The van der Waals surface area contributed by atoms with Crippen molar-refractivity contribution in [1.82, 2.24) is 34.5 Å². The van der Waals surface area contributed by atoms with Crippen molar-refractivity contribution in [2.24, 2.45) is 7.05 Å². The van der Waals surface area contributed by atoms with Crippen LogP contribution in [-0.2, 0) is 16.5 Å². The number of hydrogen-bond acceptors (Lipinski definition) is 8. The lowest BCUT2D eigenvalue weighted by Gasteiger charge is -2.43. The number of fused-ring (bicyclic) bond motifs is 1. The van der Waals surface area contributed by atoms with Crippen LogP contribution in [0, 0.1) is 0 Å². The first-order chi connectivity index (χ1) is 17.9. The Morgan fingerprint density at radius 1 is 1.05 bits per heavy atom. The van der Waals surface area contributed by atoms with Crippen LogP contribution in [0.25, 0.3) is 22.4 Å². The third kappa shape index (κ3) is 4.95. The van der Waals surface area contributed by atoms with Gasteiger partial charge in [0.2, 0.25) is 0 Å². The van der Waals surface area contributed by atoms with Crippen LogP contribution in [-0.4, -0.2) is 111 Å². The lowest BCUT2D eigenvalue weighted by atomic mass is 10.0. The SMILES string of the molecule is C[C@@H]1CN(C2CCN(C(=O)c3nc4nc(-c5cnn(C)c5)cc(N5CCOCC5)c4[nH]3)CC2)C[C@H](C)O1. The van der Waals surface area contributed by atoms with E-state index in [4.69, 9.17) is 19.4 Å². The Labute approximate surface area is 216 Å². The van der Waals surface area contributed by atoms with Gasteiger partial charge in [0.25, 0.3) is 5.91 Å². The number of rotatable bonds is 4. The van der Waals surface area contributed by atoms with E-state index < -0.39 is 0 Å². The van der Waals surface area contributed by atoms with Gasteiger partial charge in [0.1, 0.15) is 5.52 Å². The summed E-state index contributed by atoms with van der Waals surface area (Å²) in [5.74, 6) is 0.295. The number of likely N-dealkylation sites (tertiary alicyclic amines) is 1. The number of morpholine rings is 2. The molecule has 6 rings (SSSR count). The second-order valence-corrected chi connectivity index (χ2v) is 10.5. The molecule has 3 aromatic rings. The number of aryl methyl sites for hydroxylation is 1. The number of pyridine rings is 1. The van der Waals surface area contributed by atoms with Crippen LogP contribution in [0.4, 0.5) is 5.69 Å². The predicted molar refractivity (Wildman–Crippen MR) is 140 cm³/mol. The summed E-state index contributed by atoms with van der Waals surface area (Å²) in [7, 11) is 1.89. The molecule has 1 amide bonds. The number of H-pyrrole nitrogens is 1. The number of carbonyl (C=O) groups excluding carboxylic acids is 1. The molecule has 0 bridgehead atoms. The highest BCUT2D eigenvalue weighted by Crippen LogP contribution is 2.31. The quantitative estimate of drug-likeness (QED) is 0.570. The summed E-state index contributed by atoms with van der Waals surface area (Å²) in [6.07, 6.45) is 6.18. The smallest absolute Gasteiger partial charge is 0.289 e. The Morgan fingerprint density at radius 2 is 1.78 bits per heavy atom. The van der Waals surface area contributed by atoms with Gasteiger partial charge in [-0.15, -0.1) is 0 Å². The Kier molecular flexibility index (Phi) is 6.60. The summed E-state index contributed by atoms with van der Waals surface area (Å²) < 4.78 is 13.2. The van der Waals surface area contributed by atoms with E-state index in [-0.39, 0.29) is 18.1 Å². The van der Waals surface area contributed by atoms with Gasteiger partial charge in [-0.05, 0) is 32.8 Å². The molecule has 0 aliphatic carbocycles. The molecule has 0 aromatic carbocycles. The van der Waals surface area contributed by atoms with E-state index in [1.54, 1.807) is 10.9 Å². The number of amides is 1. The lowest BCUT2D eigenvalue weighted by Crippen LogP contribution is -2.53. The van der Waals surface area contributed by atoms with Crippen molar-refractivity contribution < 1.29 is 14.3 Å². The molecule has 37 heavy (non-hydrogen) atoms. The minimum atomic E-state index is -0.0592. The third-order valence-electron chi connectivity index (χ3n) is 7.71. The highest BCUT2D eigenvalue weighted by atomic mass is 16.5. The molecule has 0 unspecified atom stereocenters. The Hall–Kier alpha value is -3.02. The molecule has 0 radical (unpaired) electrons. The fraction of sp³-hybridized carbons (Fsp3) is 0.615. The number of aromatic amines is 1. The van der Waals surface area contributed by atoms with Crippen molar-refractivity contribution in [3.8, 4) is 11.3 Å². The number of carbonyl (C=O) groups is 1. The molecule has 3 aliphatic rings. The normalized spacial score (nSPS) is 24.2. The molecule has 198 valence electrons. The average molecular weight is 509 g/mol. The van der Waals surface area contributed by atoms with Crippen molar-refractivity contribution in [2.75, 3.05) is 57.4 Å². The number of anilines is 1. The molecule has 2 atom stereocenters. The fourth-order valence-corrected chi connectivity index (χ4v) is 5.93.